The van der Waals surface area contributed by atoms with Gasteiger partial charge in [-0.1, -0.05) is 17.7 Å². The summed E-state index contributed by atoms with van der Waals surface area (Å²) in [5.41, 5.74) is 4.92. The predicted octanol–water partition coefficient (Wildman–Crippen LogP) is 4.03. The number of hydrazone groups is 1. The maximum absolute atomic E-state index is 12.0. The number of carbonyl (C=O) groups excluding carboxylic acids is 1. The molecule has 34 heavy (non-hydrogen) atoms. The lowest BCUT2D eigenvalue weighted by atomic mass is 10.2. The third-order valence-electron chi connectivity index (χ3n) is 4.59. The molecular formula is C26H29N3O5. The first-order chi connectivity index (χ1) is 16.7. The SMILES string of the molecule is CCOc1cc(/C=N\NC(=O)c2ccncc2)ccc1OCCOCCOc1ccc(C)cc1. The number of nitrogens with one attached hydrogen (secondary N) is 1. The van der Waals surface area contributed by atoms with Crippen LogP contribution in [-0.4, -0.2) is 50.1 Å². The highest BCUT2D eigenvalue weighted by Crippen LogP contribution is 2.28. The molecule has 0 aliphatic carbocycles. The molecule has 1 N–H and O–H groups in total. The van der Waals surface area contributed by atoms with Crippen molar-refractivity contribution in [3.05, 3.63) is 83.7 Å². The number of aromatic nitrogens is 1. The first-order valence-corrected chi connectivity index (χ1v) is 11.1. The smallest absolute Gasteiger partial charge is 0.271 e. The number of pyridine rings is 1. The summed E-state index contributed by atoms with van der Waals surface area (Å²) in [5, 5.41) is 4.01. The Bertz CT molecular complexity index is 1060. The van der Waals surface area contributed by atoms with Crippen molar-refractivity contribution in [3.63, 3.8) is 0 Å². The maximum atomic E-state index is 12.0. The molecule has 8 nitrogen and oxygen atoms in total. The van der Waals surface area contributed by atoms with E-state index >= 15 is 0 Å². The van der Waals surface area contributed by atoms with Gasteiger partial charge in [0, 0.05) is 18.0 Å². The molecule has 0 spiro atoms. The van der Waals surface area contributed by atoms with Crippen molar-refractivity contribution >= 4 is 12.1 Å². The molecule has 3 rings (SSSR count). The van der Waals surface area contributed by atoms with Crippen LogP contribution in [0.4, 0.5) is 0 Å². The van der Waals surface area contributed by atoms with E-state index in [-0.39, 0.29) is 5.91 Å². The number of nitrogens with zero attached hydrogens (tertiary/aromatic N) is 2. The summed E-state index contributed by atoms with van der Waals surface area (Å²) in [6, 6.07) is 16.6. The molecule has 1 aromatic heterocycles. The Morgan fingerprint density at radius 1 is 0.912 bits per heavy atom. The number of ether oxygens (including phenoxy) is 4. The van der Waals surface area contributed by atoms with Gasteiger partial charge in [-0.15, -0.1) is 0 Å². The summed E-state index contributed by atoms with van der Waals surface area (Å²) >= 11 is 0. The van der Waals surface area contributed by atoms with Crippen LogP contribution < -0.4 is 19.6 Å². The quantitative estimate of drug-likeness (QED) is 0.234. The number of hydrogen-bond donors (Lipinski definition) is 1. The van der Waals surface area contributed by atoms with E-state index in [4.69, 9.17) is 18.9 Å². The van der Waals surface area contributed by atoms with Crippen LogP contribution in [0.2, 0.25) is 0 Å². The van der Waals surface area contributed by atoms with Crippen molar-refractivity contribution in [1.29, 1.82) is 0 Å². The zero-order valence-corrected chi connectivity index (χ0v) is 19.4. The summed E-state index contributed by atoms with van der Waals surface area (Å²) in [5.74, 6) is 1.72. The molecule has 0 saturated heterocycles. The summed E-state index contributed by atoms with van der Waals surface area (Å²) in [4.78, 5) is 15.9. The molecule has 2 aromatic carbocycles. The molecule has 0 atom stereocenters. The average Bonchev–Trinajstić information content (AvgIpc) is 2.86. The molecule has 1 amide bonds. The van der Waals surface area contributed by atoms with Crippen LogP contribution in [0.15, 0.2) is 72.1 Å². The second-order valence-corrected chi connectivity index (χ2v) is 7.20. The van der Waals surface area contributed by atoms with E-state index in [1.165, 1.54) is 5.56 Å². The van der Waals surface area contributed by atoms with Gasteiger partial charge >= 0.3 is 0 Å². The van der Waals surface area contributed by atoms with E-state index in [9.17, 15) is 4.79 Å². The Morgan fingerprint density at radius 2 is 1.65 bits per heavy atom. The molecular weight excluding hydrogens is 434 g/mol. The lowest BCUT2D eigenvalue weighted by Crippen LogP contribution is -2.17. The molecule has 0 aliphatic rings. The number of benzene rings is 2. The number of hydrogen-bond acceptors (Lipinski definition) is 7. The molecule has 0 unspecified atom stereocenters. The van der Waals surface area contributed by atoms with Gasteiger partial charge in [0.2, 0.25) is 0 Å². The number of carbonyl (C=O) groups is 1. The normalized spacial score (nSPS) is 10.8. The molecule has 1 heterocycles. The topological polar surface area (TPSA) is 91.3 Å². The van der Waals surface area contributed by atoms with E-state index in [0.29, 0.717) is 50.1 Å². The first kappa shape index (κ1) is 24.7. The number of amides is 1. The van der Waals surface area contributed by atoms with Crippen molar-refractivity contribution in [2.75, 3.05) is 33.0 Å². The van der Waals surface area contributed by atoms with Crippen LogP contribution in [0.1, 0.15) is 28.4 Å². The van der Waals surface area contributed by atoms with Crippen molar-refractivity contribution in [2.24, 2.45) is 5.10 Å². The Morgan fingerprint density at radius 3 is 2.38 bits per heavy atom. The monoisotopic (exact) mass is 463 g/mol. The van der Waals surface area contributed by atoms with Gasteiger partial charge in [-0.05, 0) is 61.9 Å². The van der Waals surface area contributed by atoms with Gasteiger partial charge in [0.15, 0.2) is 11.5 Å². The fourth-order valence-corrected chi connectivity index (χ4v) is 2.89. The van der Waals surface area contributed by atoms with Crippen molar-refractivity contribution < 1.29 is 23.7 Å². The Hall–Kier alpha value is -3.91. The van der Waals surface area contributed by atoms with E-state index in [1.54, 1.807) is 42.9 Å². The molecule has 0 saturated carbocycles. The minimum atomic E-state index is -0.312. The fourth-order valence-electron chi connectivity index (χ4n) is 2.89. The lowest BCUT2D eigenvalue weighted by Gasteiger charge is -2.13. The minimum absolute atomic E-state index is 0.312. The van der Waals surface area contributed by atoms with Crippen LogP contribution in [0.3, 0.4) is 0 Å². The summed E-state index contributed by atoms with van der Waals surface area (Å²) in [6.45, 7) is 6.16. The molecule has 0 aliphatic heterocycles. The summed E-state index contributed by atoms with van der Waals surface area (Å²) < 4.78 is 22.7. The van der Waals surface area contributed by atoms with Gasteiger partial charge in [-0.2, -0.15) is 5.10 Å². The highest BCUT2D eigenvalue weighted by Gasteiger charge is 2.07. The van der Waals surface area contributed by atoms with Crippen molar-refractivity contribution in [2.45, 2.75) is 13.8 Å². The van der Waals surface area contributed by atoms with Crippen LogP contribution in [-0.2, 0) is 4.74 Å². The van der Waals surface area contributed by atoms with Gasteiger partial charge in [-0.3, -0.25) is 9.78 Å². The fraction of sp³-hybridized carbons (Fsp3) is 0.269. The number of rotatable bonds is 13. The zero-order chi connectivity index (χ0) is 24.0. The van der Waals surface area contributed by atoms with Gasteiger partial charge in [0.25, 0.3) is 5.91 Å². The van der Waals surface area contributed by atoms with E-state index in [0.717, 1.165) is 11.3 Å². The third kappa shape index (κ3) is 8.22. The standard InChI is InChI=1S/C26H29N3O5/c1-3-32-25-18-21(19-28-29-26(30)22-10-12-27-13-11-22)6-9-24(25)34-17-15-31-14-16-33-23-7-4-20(2)5-8-23/h4-13,18-19H,3,14-17H2,1-2H3,(H,29,30)/b28-19-. The number of aryl methyl sites for hydroxylation is 1. The second-order valence-electron chi connectivity index (χ2n) is 7.20. The van der Waals surface area contributed by atoms with Crippen LogP contribution in [0.5, 0.6) is 17.2 Å². The minimum Gasteiger partial charge on any atom is -0.491 e. The molecule has 0 bridgehead atoms. The molecule has 178 valence electrons. The summed E-state index contributed by atoms with van der Waals surface area (Å²) in [7, 11) is 0. The average molecular weight is 464 g/mol. The third-order valence-corrected chi connectivity index (χ3v) is 4.59. The zero-order valence-electron chi connectivity index (χ0n) is 19.4. The van der Waals surface area contributed by atoms with Gasteiger partial charge < -0.3 is 18.9 Å². The van der Waals surface area contributed by atoms with Gasteiger partial charge in [0.1, 0.15) is 19.0 Å². The molecule has 8 heteroatoms. The first-order valence-electron chi connectivity index (χ1n) is 11.1. The highest BCUT2D eigenvalue weighted by atomic mass is 16.6. The van der Waals surface area contributed by atoms with Gasteiger partial charge in [0.05, 0.1) is 26.0 Å². The van der Waals surface area contributed by atoms with Crippen LogP contribution in [0.25, 0.3) is 0 Å². The van der Waals surface area contributed by atoms with Crippen molar-refractivity contribution in [1.82, 2.24) is 10.4 Å². The largest absolute Gasteiger partial charge is 0.491 e. The maximum Gasteiger partial charge on any atom is 0.271 e. The van der Waals surface area contributed by atoms with E-state index in [1.807, 2.05) is 44.2 Å². The van der Waals surface area contributed by atoms with Crippen LogP contribution >= 0.6 is 0 Å². The Balaban J connectivity index is 1.41. The molecule has 3 aromatic rings. The Labute approximate surface area is 199 Å². The lowest BCUT2D eigenvalue weighted by molar-refractivity contribution is 0.0755. The molecule has 0 fully saturated rings. The Kier molecular flexibility index (Phi) is 9.89. The highest BCUT2D eigenvalue weighted by molar-refractivity contribution is 5.94. The van der Waals surface area contributed by atoms with E-state index < -0.39 is 0 Å². The molecule has 0 radical (unpaired) electrons. The second kappa shape index (κ2) is 13.6. The predicted molar refractivity (Wildman–Crippen MR) is 130 cm³/mol. The van der Waals surface area contributed by atoms with Gasteiger partial charge in [-0.25, -0.2) is 5.43 Å². The summed E-state index contributed by atoms with van der Waals surface area (Å²) in [6.07, 6.45) is 4.65. The van der Waals surface area contributed by atoms with Crippen molar-refractivity contribution in [3.8, 4) is 17.2 Å². The van der Waals surface area contributed by atoms with Crippen LogP contribution in [0, 0.1) is 6.92 Å². The van der Waals surface area contributed by atoms with E-state index in [2.05, 4.69) is 15.5 Å².